The van der Waals surface area contributed by atoms with E-state index in [4.69, 9.17) is 5.73 Å². The van der Waals surface area contributed by atoms with Crippen molar-refractivity contribution in [3.63, 3.8) is 0 Å². The minimum Gasteiger partial charge on any atom is -0.370 e. The maximum absolute atomic E-state index is 5.81. The molecule has 0 aliphatic rings. The van der Waals surface area contributed by atoms with Gasteiger partial charge in [0.15, 0.2) is 5.96 Å². The summed E-state index contributed by atoms with van der Waals surface area (Å²) in [5, 5.41) is 5.48. The average Bonchev–Trinajstić information content (AvgIpc) is 2.42. The van der Waals surface area contributed by atoms with Crippen molar-refractivity contribution in [2.45, 2.75) is 13.5 Å². The second-order valence-electron chi connectivity index (χ2n) is 4.65. The van der Waals surface area contributed by atoms with Crippen LogP contribution in [0.1, 0.15) is 12.5 Å². The number of rotatable bonds is 4. The largest absolute Gasteiger partial charge is 0.370 e. The zero-order valence-electron chi connectivity index (χ0n) is 11.6. The van der Waals surface area contributed by atoms with Crippen LogP contribution in [0, 0.1) is 0 Å². The molecule has 0 fully saturated rings. The van der Waals surface area contributed by atoms with Crippen LogP contribution in [0.5, 0.6) is 0 Å². The summed E-state index contributed by atoms with van der Waals surface area (Å²) in [5.41, 5.74) is 8.02. The Bertz CT molecular complexity index is 615. The molecule has 0 saturated heterocycles. The van der Waals surface area contributed by atoms with Gasteiger partial charge in [0.25, 0.3) is 0 Å². The van der Waals surface area contributed by atoms with Gasteiger partial charge in [0.1, 0.15) is 0 Å². The van der Waals surface area contributed by atoms with Crippen LogP contribution in [0.4, 0.5) is 0 Å². The molecule has 0 atom stereocenters. The lowest BCUT2D eigenvalue weighted by Gasteiger charge is -2.06. The minimum atomic E-state index is 0. The number of nitrogens with zero attached hydrogens (tertiary/aromatic N) is 1. The average molecular weight is 381 g/mol. The van der Waals surface area contributed by atoms with E-state index in [1.54, 1.807) is 0 Å². The molecule has 0 spiro atoms. The van der Waals surface area contributed by atoms with Crippen LogP contribution in [0.25, 0.3) is 10.8 Å². The van der Waals surface area contributed by atoms with Gasteiger partial charge in [-0.15, -0.1) is 24.0 Å². The van der Waals surface area contributed by atoms with Gasteiger partial charge in [-0.1, -0.05) is 54.6 Å². The smallest absolute Gasteiger partial charge is 0.189 e. The fraction of sp³-hybridized carbons (Fsp3) is 0.188. The molecule has 0 bridgehead atoms. The molecule has 2 aromatic rings. The molecule has 0 aliphatic carbocycles. The molecule has 0 amide bonds. The van der Waals surface area contributed by atoms with E-state index in [9.17, 15) is 0 Å². The normalized spacial score (nSPS) is 10.9. The summed E-state index contributed by atoms with van der Waals surface area (Å²) < 4.78 is 0. The molecular formula is C16H20IN3. The van der Waals surface area contributed by atoms with Crippen molar-refractivity contribution in [2.75, 3.05) is 6.54 Å². The molecule has 0 aromatic heterocycles. The first-order valence-corrected chi connectivity index (χ1v) is 6.31. The van der Waals surface area contributed by atoms with E-state index < -0.39 is 0 Å². The zero-order chi connectivity index (χ0) is 13.7. The van der Waals surface area contributed by atoms with Crippen LogP contribution in [0.3, 0.4) is 0 Å². The number of fused-ring (bicyclic) bond motifs is 1. The number of guanidine groups is 1. The molecule has 2 rings (SSSR count). The van der Waals surface area contributed by atoms with Crippen molar-refractivity contribution < 1.29 is 0 Å². The number of aliphatic imine (C=N–C) groups is 1. The van der Waals surface area contributed by atoms with Gasteiger partial charge in [0, 0.05) is 6.54 Å². The Morgan fingerprint density at radius 2 is 1.90 bits per heavy atom. The predicted octanol–water partition coefficient (Wildman–Crippen LogP) is 3.44. The second kappa shape index (κ2) is 7.89. The van der Waals surface area contributed by atoms with Crippen molar-refractivity contribution >= 4 is 40.7 Å². The Morgan fingerprint density at radius 3 is 2.65 bits per heavy atom. The number of hydrogen-bond acceptors (Lipinski definition) is 1. The van der Waals surface area contributed by atoms with E-state index >= 15 is 0 Å². The Kier molecular flexibility index (Phi) is 6.51. The summed E-state index contributed by atoms with van der Waals surface area (Å²) in [6.07, 6.45) is 0. The summed E-state index contributed by atoms with van der Waals surface area (Å²) in [6, 6.07) is 14.5. The van der Waals surface area contributed by atoms with E-state index in [1.165, 1.54) is 16.3 Å². The summed E-state index contributed by atoms with van der Waals surface area (Å²) in [7, 11) is 0. The van der Waals surface area contributed by atoms with Gasteiger partial charge in [0.05, 0.1) is 6.54 Å². The van der Waals surface area contributed by atoms with E-state index in [0.29, 0.717) is 19.0 Å². The van der Waals surface area contributed by atoms with Crippen LogP contribution in [0.2, 0.25) is 0 Å². The zero-order valence-corrected chi connectivity index (χ0v) is 13.9. The molecule has 106 valence electrons. The van der Waals surface area contributed by atoms with Gasteiger partial charge in [-0.3, -0.25) is 0 Å². The van der Waals surface area contributed by atoms with Crippen LogP contribution in [-0.4, -0.2) is 12.5 Å². The molecular weight excluding hydrogens is 361 g/mol. The van der Waals surface area contributed by atoms with E-state index in [2.05, 4.69) is 41.2 Å². The third kappa shape index (κ3) is 4.52. The first-order valence-electron chi connectivity index (χ1n) is 6.31. The highest BCUT2D eigenvalue weighted by atomic mass is 127. The molecule has 0 unspecified atom stereocenters. The highest BCUT2D eigenvalue weighted by molar-refractivity contribution is 14.0. The molecule has 3 N–H and O–H groups in total. The standard InChI is InChI=1S/C16H19N3.HI/c1-12(2)10-18-16(17)19-11-14-8-5-7-13-6-3-4-9-15(13)14;/h3-9H,1,10-11H2,2H3,(H3,17,18,19);1H. The Hall–Kier alpha value is -1.56. The third-order valence-electron chi connectivity index (χ3n) is 2.87. The van der Waals surface area contributed by atoms with Crippen LogP contribution < -0.4 is 11.1 Å². The first kappa shape index (κ1) is 16.5. The predicted molar refractivity (Wildman–Crippen MR) is 97.5 cm³/mol. The molecule has 0 saturated carbocycles. The SMILES string of the molecule is C=C(C)CNC(N)=NCc1cccc2ccccc12.I. The summed E-state index contributed by atoms with van der Waals surface area (Å²) in [5.74, 6) is 0.455. The van der Waals surface area contributed by atoms with E-state index in [-0.39, 0.29) is 24.0 Å². The number of halogens is 1. The van der Waals surface area contributed by atoms with Gasteiger partial charge in [-0.25, -0.2) is 4.99 Å². The van der Waals surface area contributed by atoms with E-state index in [1.807, 2.05) is 25.1 Å². The molecule has 2 aromatic carbocycles. The molecule has 0 aliphatic heterocycles. The maximum Gasteiger partial charge on any atom is 0.189 e. The van der Waals surface area contributed by atoms with Gasteiger partial charge >= 0.3 is 0 Å². The van der Waals surface area contributed by atoms with Crippen molar-refractivity contribution in [3.8, 4) is 0 Å². The summed E-state index contributed by atoms with van der Waals surface area (Å²) in [4.78, 5) is 4.36. The minimum absolute atomic E-state index is 0. The van der Waals surface area contributed by atoms with Crippen molar-refractivity contribution in [2.24, 2.45) is 10.7 Å². The third-order valence-corrected chi connectivity index (χ3v) is 2.87. The van der Waals surface area contributed by atoms with Gasteiger partial charge < -0.3 is 11.1 Å². The monoisotopic (exact) mass is 381 g/mol. The summed E-state index contributed by atoms with van der Waals surface area (Å²) >= 11 is 0. The number of hydrogen-bond donors (Lipinski definition) is 2. The van der Waals surface area contributed by atoms with Gasteiger partial charge in [-0.2, -0.15) is 0 Å². The second-order valence-corrected chi connectivity index (χ2v) is 4.65. The Morgan fingerprint density at radius 1 is 1.20 bits per heavy atom. The van der Waals surface area contributed by atoms with Crippen molar-refractivity contribution in [1.82, 2.24) is 5.32 Å². The fourth-order valence-corrected chi connectivity index (χ4v) is 1.90. The van der Waals surface area contributed by atoms with Gasteiger partial charge in [-0.05, 0) is 23.3 Å². The fourth-order valence-electron chi connectivity index (χ4n) is 1.90. The van der Waals surface area contributed by atoms with Crippen molar-refractivity contribution in [3.05, 3.63) is 60.2 Å². The van der Waals surface area contributed by atoms with Crippen LogP contribution >= 0.6 is 24.0 Å². The lowest BCUT2D eigenvalue weighted by Crippen LogP contribution is -2.32. The first-order chi connectivity index (χ1) is 9.16. The summed E-state index contributed by atoms with van der Waals surface area (Å²) in [6.45, 7) is 7.00. The Balaban J connectivity index is 0.00000200. The number of benzene rings is 2. The molecule has 0 radical (unpaired) electrons. The molecule has 0 heterocycles. The maximum atomic E-state index is 5.81. The highest BCUT2D eigenvalue weighted by Gasteiger charge is 1.99. The van der Waals surface area contributed by atoms with Crippen LogP contribution in [-0.2, 0) is 6.54 Å². The number of nitrogens with one attached hydrogen (secondary N) is 1. The lowest BCUT2D eigenvalue weighted by molar-refractivity contribution is 0.942. The van der Waals surface area contributed by atoms with Crippen LogP contribution in [0.15, 0.2) is 59.6 Å². The highest BCUT2D eigenvalue weighted by Crippen LogP contribution is 2.18. The van der Waals surface area contributed by atoms with Gasteiger partial charge in [0.2, 0.25) is 0 Å². The quantitative estimate of drug-likeness (QED) is 0.369. The van der Waals surface area contributed by atoms with E-state index in [0.717, 1.165) is 5.57 Å². The topological polar surface area (TPSA) is 50.4 Å². The number of nitrogens with two attached hydrogens (primary N) is 1. The lowest BCUT2D eigenvalue weighted by atomic mass is 10.1. The molecule has 4 heteroatoms. The Labute approximate surface area is 137 Å². The molecule has 3 nitrogen and oxygen atoms in total. The molecule has 20 heavy (non-hydrogen) atoms. The van der Waals surface area contributed by atoms with Crippen molar-refractivity contribution in [1.29, 1.82) is 0 Å².